The number of nitrogens with zero attached hydrogens (tertiary/aromatic N) is 3. The van der Waals surface area contributed by atoms with E-state index in [-0.39, 0.29) is 11.7 Å². The third kappa shape index (κ3) is 5.71. The summed E-state index contributed by atoms with van der Waals surface area (Å²) in [5.41, 5.74) is 3.96. The lowest BCUT2D eigenvalue weighted by Gasteiger charge is -2.35. The SMILES string of the molecule is CSc1ccc(NC(=O)c2cnc(NS(=O)(=O)CCO)cc2N2CCC3(CC2)CC3)cc1N1CCC2(CC2)C1. The molecule has 2 saturated heterocycles. The number of rotatable bonds is 9. The van der Waals surface area contributed by atoms with Crippen molar-refractivity contribution in [2.75, 3.05) is 64.6 Å². The Morgan fingerprint density at radius 2 is 1.69 bits per heavy atom. The van der Waals surface area contributed by atoms with E-state index in [9.17, 15) is 13.2 Å². The standard InChI is InChI=1S/C28H37N5O4S2/c1-38-24-3-2-20(16-23(24)33-13-10-28(19-33)6-7-28)30-26(35)21-18-29-25(31-39(36,37)15-14-34)17-22(21)32-11-8-27(4-5-27)9-12-32/h2-3,16-18,34H,4-15,19H2,1H3,(H,29,31)(H,30,35). The number of carbonyl (C=O) groups is 1. The molecule has 2 aliphatic heterocycles. The van der Waals surface area contributed by atoms with Crippen LogP contribution in [-0.4, -0.2) is 69.2 Å². The van der Waals surface area contributed by atoms with Gasteiger partial charge in [-0.3, -0.25) is 9.52 Å². The highest BCUT2D eigenvalue weighted by atomic mass is 32.2. The van der Waals surface area contributed by atoms with Crippen LogP contribution in [0.3, 0.4) is 0 Å². The van der Waals surface area contributed by atoms with Crippen LogP contribution in [-0.2, 0) is 10.0 Å². The van der Waals surface area contributed by atoms with Crippen molar-refractivity contribution in [1.82, 2.24) is 4.98 Å². The first-order chi connectivity index (χ1) is 18.7. The number of sulfonamides is 1. The largest absolute Gasteiger partial charge is 0.395 e. The number of aromatic nitrogens is 1. The van der Waals surface area contributed by atoms with Gasteiger partial charge in [0.1, 0.15) is 5.82 Å². The number of nitrogens with one attached hydrogen (secondary N) is 2. The highest BCUT2D eigenvalue weighted by Crippen LogP contribution is 2.55. The van der Waals surface area contributed by atoms with Crippen molar-refractivity contribution >= 4 is 50.6 Å². The van der Waals surface area contributed by atoms with Gasteiger partial charge in [-0.2, -0.15) is 0 Å². The summed E-state index contributed by atoms with van der Waals surface area (Å²) in [5, 5.41) is 12.2. The summed E-state index contributed by atoms with van der Waals surface area (Å²) in [5.74, 6) is -0.529. The summed E-state index contributed by atoms with van der Waals surface area (Å²) in [7, 11) is -3.73. The van der Waals surface area contributed by atoms with Crippen LogP contribution in [0.15, 0.2) is 35.4 Å². The van der Waals surface area contributed by atoms with E-state index < -0.39 is 22.4 Å². The molecule has 2 saturated carbocycles. The maximum atomic E-state index is 13.6. The van der Waals surface area contributed by atoms with E-state index in [1.807, 2.05) is 6.07 Å². The summed E-state index contributed by atoms with van der Waals surface area (Å²) in [4.78, 5) is 23.7. The average Bonchev–Trinajstić information content (AvgIpc) is 3.81. The van der Waals surface area contributed by atoms with Crippen LogP contribution in [0, 0.1) is 10.8 Å². The number of hydrogen-bond acceptors (Lipinski definition) is 8. The van der Waals surface area contributed by atoms with Gasteiger partial charge < -0.3 is 20.2 Å². The van der Waals surface area contributed by atoms with E-state index in [1.165, 1.54) is 48.9 Å². The lowest BCUT2D eigenvalue weighted by atomic mass is 9.93. The lowest BCUT2D eigenvalue weighted by Crippen LogP contribution is -2.36. The van der Waals surface area contributed by atoms with E-state index in [0.29, 0.717) is 22.1 Å². The molecule has 3 heterocycles. The number of thioether (sulfide) groups is 1. The fraction of sp³-hybridized carbons (Fsp3) is 0.571. The van der Waals surface area contributed by atoms with E-state index >= 15 is 0 Å². The zero-order valence-electron chi connectivity index (χ0n) is 22.4. The second-order valence-electron chi connectivity index (χ2n) is 11.7. The molecule has 3 N–H and O–H groups in total. The molecule has 39 heavy (non-hydrogen) atoms. The topological polar surface area (TPSA) is 115 Å². The lowest BCUT2D eigenvalue weighted by molar-refractivity contribution is 0.102. The van der Waals surface area contributed by atoms with Gasteiger partial charge in [0.05, 0.1) is 29.3 Å². The van der Waals surface area contributed by atoms with Gasteiger partial charge >= 0.3 is 0 Å². The Morgan fingerprint density at radius 3 is 2.33 bits per heavy atom. The molecule has 210 valence electrons. The number of amides is 1. The van der Waals surface area contributed by atoms with E-state index in [2.05, 4.69) is 43.2 Å². The molecule has 2 spiro atoms. The zero-order chi connectivity index (χ0) is 27.3. The van der Waals surface area contributed by atoms with E-state index in [1.54, 1.807) is 17.8 Å². The molecule has 4 fully saturated rings. The van der Waals surface area contributed by atoms with Gasteiger partial charge in [-0.25, -0.2) is 13.4 Å². The van der Waals surface area contributed by atoms with Crippen molar-refractivity contribution in [3.63, 3.8) is 0 Å². The third-order valence-corrected chi connectivity index (χ3v) is 11.1. The Kier molecular flexibility index (Phi) is 6.96. The van der Waals surface area contributed by atoms with Gasteiger partial charge in [0.2, 0.25) is 10.0 Å². The molecule has 0 atom stereocenters. The van der Waals surface area contributed by atoms with Crippen molar-refractivity contribution < 1.29 is 18.3 Å². The van der Waals surface area contributed by atoms with Crippen molar-refractivity contribution in [3.05, 3.63) is 36.0 Å². The number of aliphatic hydroxyl groups is 1. The number of hydrogen-bond donors (Lipinski definition) is 3. The predicted octanol–water partition coefficient (Wildman–Crippen LogP) is 4.16. The number of aliphatic hydroxyl groups excluding tert-OH is 1. The molecule has 0 radical (unpaired) electrons. The van der Waals surface area contributed by atoms with Crippen LogP contribution < -0.4 is 19.8 Å². The fourth-order valence-electron chi connectivity index (χ4n) is 6.11. The third-order valence-electron chi connectivity index (χ3n) is 9.04. The van der Waals surface area contributed by atoms with Crippen LogP contribution in [0.5, 0.6) is 0 Å². The number of pyridine rings is 1. The van der Waals surface area contributed by atoms with E-state index in [0.717, 1.165) is 44.7 Å². The van der Waals surface area contributed by atoms with Crippen LogP contribution >= 0.6 is 11.8 Å². The molecule has 2 aliphatic carbocycles. The molecular weight excluding hydrogens is 534 g/mol. The maximum Gasteiger partial charge on any atom is 0.259 e. The van der Waals surface area contributed by atoms with Crippen molar-refractivity contribution in [3.8, 4) is 0 Å². The molecular formula is C28H37N5O4S2. The van der Waals surface area contributed by atoms with E-state index in [4.69, 9.17) is 5.11 Å². The minimum absolute atomic E-state index is 0.149. The second kappa shape index (κ2) is 10.2. The van der Waals surface area contributed by atoms with Crippen LogP contribution in [0.1, 0.15) is 55.3 Å². The fourth-order valence-corrected chi connectivity index (χ4v) is 7.48. The highest BCUT2D eigenvalue weighted by molar-refractivity contribution is 7.98. The van der Waals surface area contributed by atoms with Crippen LogP contribution in [0.4, 0.5) is 22.9 Å². The monoisotopic (exact) mass is 571 g/mol. The van der Waals surface area contributed by atoms with Crippen LogP contribution in [0.2, 0.25) is 0 Å². The van der Waals surface area contributed by atoms with Crippen molar-refractivity contribution in [1.29, 1.82) is 0 Å². The first kappa shape index (κ1) is 26.7. The first-order valence-electron chi connectivity index (χ1n) is 13.8. The average molecular weight is 572 g/mol. The van der Waals surface area contributed by atoms with Gasteiger partial charge in [-0.05, 0) is 80.2 Å². The summed E-state index contributed by atoms with van der Waals surface area (Å²) >= 11 is 1.72. The van der Waals surface area contributed by atoms with Crippen molar-refractivity contribution in [2.24, 2.45) is 10.8 Å². The molecule has 6 rings (SSSR count). The highest BCUT2D eigenvalue weighted by Gasteiger charge is 2.48. The number of anilines is 4. The zero-order valence-corrected chi connectivity index (χ0v) is 24.0. The summed E-state index contributed by atoms with van der Waals surface area (Å²) in [6, 6.07) is 7.74. The Labute approximate surface area is 234 Å². The van der Waals surface area contributed by atoms with Gasteiger partial charge in [-0.1, -0.05) is 0 Å². The normalized spacial score (nSPS) is 20.9. The summed E-state index contributed by atoms with van der Waals surface area (Å²) in [6.45, 7) is 3.28. The number of piperidine rings is 1. The Hall–Kier alpha value is -2.50. The molecule has 9 nitrogen and oxygen atoms in total. The maximum absolute atomic E-state index is 13.6. The van der Waals surface area contributed by atoms with Crippen molar-refractivity contribution in [2.45, 2.75) is 49.8 Å². The summed E-state index contributed by atoms with van der Waals surface area (Å²) < 4.78 is 27.0. The minimum atomic E-state index is -3.73. The Balaban J connectivity index is 1.26. The molecule has 11 heteroatoms. The molecule has 1 amide bonds. The Bertz CT molecular complexity index is 1360. The summed E-state index contributed by atoms with van der Waals surface area (Å²) in [6.07, 6.45) is 12.1. The van der Waals surface area contributed by atoms with Gasteiger partial charge in [0.25, 0.3) is 5.91 Å². The smallest absolute Gasteiger partial charge is 0.259 e. The number of carbonyl (C=O) groups excluding carboxylic acids is 1. The molecule has 2 aromatic rings. The van der Waals surface area contributed by atoms with Gasteiger partial charge in [-0.15, -0.1) is 11.8 Å². The molecule has 4 aliphatic rings. The number of benzene rings is 1. The Morgan fingerprint density at radius 1 is 1.00 bits per heavy atom. The van der Waals surface area contributed by atoms with Gasteiger partial charge in [0, 0.05) is 49.0 Å². The first-order valence-corrected chi connectivity index (χ1v) is 16.7. The quantitative estimate of drug-likeness (QED) is 0.385. The molecule has 1 aromatic carbocycles. The minimum Gasteiger partial charge on any atom is -0.395 e. The molecule has 1 aromatic heterocycles. The van der Waals surface area contributed by atoms with Gasteiger partial charge in [0.15, 0.2) is 0 Å². The molecule has 0 unspecified atom stereocenters. The van der Waals surface area contributed by atoms with Crippen LogP contribution in [0.25, 0.3) is 0 Å². The molecule has 0 bridgehead atoms. The second-order valence-corrected chi connectivity index (χ2v) is 14.4. The predicted molar refractivity (Wildman–Crippen MR) is 157 cm³/mol.